The van der Waals surface area contributed by atoms with Gasteiger partial charge >= 0.3 is 0 Å². The van der Waals surface area contributed by atoms with Crippen LogP contribution in [0.2, 0.25) is 0 Å². The summed E-state index contributed by atoms with van der Waals surface area (Å²) in [7, 11) is 1.60. The van der Waals surface area contributed by atoms with Gasteiger partial charge in [-0.25, -0.2) is 0 Å². The second-order valence-electron chi connectivity index (χ2n) is 5.92. The van der Waals surface area contributed by atoms with Crippen molar-refractivity contribution >= 4 is 17.5 Å². The Balaban J connectivity index is 1.94. The van der Waals surface area contributed by atoms with Crippen LogP contribution in [-0.2, 0) is 16.1 Å². The fraction of sp³-hybridized carbons (Fsp3) is 0.300. The Labute approximate surface area is 148 Å². The number of hydrogen-bond acceptors (Lipinski definition) is 3. The van der Waals surface area contributed by atoms with Crippen molar-refractivity contribution in [3.8, 4) is 5.75 Å². The molecule has 0 aliphatic rings. The van der Waals surface area contributed by atoms with E-state index < -0.39 is 0 Å². The molecular formula is C20H24N2O3. The van der Waals surface area contributed by atoms with E-state index in [2.05, 4.69) is 5.32 Å². The lowest BCUT2D eigenvalue weighted by molar-refractivity contribution is -0.129. The second kappa shape index (κ2) is 8.87. The Hall–Kier alpha value is -2.82. The second-order valence-corrected chi connectivity index (χ2v) is 5.92. The fourth-order valence-corrected chi connectivity index (χ4v) is 2.48. The molecule has 0 saturated heterocycles. The Bertz CT molecular complexity index is 726. The lowest BCUT2D eigenvalue weighted by Gasteiger charge is -2.22. The molecule has 2 aromatic carbocycles. The van der Waals surface area contributed by atoms with E-state index in [4.69, 9.17) is 4.74 Å². The van der Waals surface area contributed by atoms with Gasteiger partial charge in [0.2, 0.25) is 11.8 Å². The summed E-state index contributed by atoms with van der Waals surface area (Å²) in [4.78, 5) is 25.7. The number of methoxy groups -OCH3 is 1. The van der Waals surface area contributed by atoms with Gasteiger partial charge in [0, 0.05) is 37.7 Å². The quantitative estimate of drug-likeness (QED) is 0.840. The number of anilines is 1. The van der Waals surface area contributed by atoms with Crippen molar-refractivity contribution in [2.75, 3.05) is 19.0 Å². The monoisotopic (exact) mass is 340 g/mol. The van der Waals surface area contributed by atoms with Gasteiger partial charge in [-0.2, -0.15) is 0 Å². The van der Waals surface area contributed by atoms with Gasteiger partial charge in [-0.3, -0.25) is 9.59 Å². The number of amides is 2. The van der Waals surface area contributed by atoms with Crippen LogP contribution >= 0.6 is 0 Å². The predicted molar refractivity (Wildman–Crippen MR) is 98.5 cm³/mol. The molecule has 0 radical (unpaired) electrons. The van der Waals surface area contributed by atoms with Gasteiger partial charge in [-0.1, -0.05) is 35.9 Å². The molecule has 0 heterocycles. The molecule has 5 heteroatoms. The summed E-state index contributed by atoms with van der Waals surface area (Å²) in [5.41, 5.74) is 2.81. The minimum atomic E-state index is -0.116. The number of rotatable bonds is 7. The molecule has 0 aliphatic heterocycles. The molecule has 0 bridgehead atoms. The third-order valence-electron chi connectivity index (χ3n) is 3.94. The maximum atomic E-state index is 12.1. The first-order valence-electron chi connectivity index (χ1n) is 8.23. The summed E-state index contributed by atoms with van der Waals surface area (Å²) in [6.07, 6.45) is 0.239. The number of nitrogens with one attached hydrogen (secondary N) is 1. The number of aryl methyl sites for hydroxylation is 1. The van der Waals surface area contributed by atoms with Gasteiger partial charge in [-0.05, 0) is 25.1 Å². The molecule has 0 saturated carbocycles. The highest BCUT2D eigenvalue weighted by Gasteiger charge is 2.14. The molecule has 0 fully saturated rings. The first kappa shape index (κ1) is 18.5. The molecule has 1 N–H and O–H groups in total. The maximum Gasteiger partial charge on any atom is 0.226 e. The average Bonchev–Trinajstić information content (AvgIpc) is 2.60. The van der Waals surface area contributed by atoms with E-state index in [-0.39, 0.29) is 18.2 Å². The van der Waals surface area contributed by atoms with Crippen LogP contribution in [0.5, 0.6) is 5.75 Å². The van der Waals surface area contributed by atoms with Crippen LogP contribution in [-0.4, -0.2) is 30.4 Å². The maximum absolute atomic E-state index is 12.1. The van der Waals surface area contributed by atoms with E-state index >= 15 is 0 Å². The van der Waals surface area contributed by atoms with Crippen molar-refractivity contribution < 1.29 is 14.3 Å². The Morgan fingerprint density at radius 2 is 1.76 bits per heavy atom. The first-order valence-corrected chi connectivity index (χ1v) is 8.23. The van der Waals surface area contributed by atoms with E-state index in [0.29, 0.717) is 13.1 Å². The normalized spacial score (nSPS) is 10.2. The van der Waals surface area contributed by atoms with Crippen molar-refractivity contribution in [2.45, 2.75) is 26.8 Å². The summed E-state index contributed by atoms with van der Waals surface area (Å²) < 4.78 is 5.32. The zero-order valence-electron chi connectivity index (χ0n) is 14.9. The smallest absolute Gasteiger partial charge is 0.226 e. The van der Waals surface area contributed by atoms with Gasteiger partial charge < -0.3 is 15.0 Å². The molecule has 2 aromatic rings. The van der Waals surface area contributed by atoms with Crippen LogP contribution < -0.4 is 10.1 Å². The molecule has 2 amide bonds. The van der Waals surface area contributed by atoms with Gasteiger partial charge in [0.25, 0.3) is 0 Å². The highest BCUT2D eigenvalue weighted by Crippen LogP contribution is 2.19. The average molecular weight is 340 g/mol. The van der Waals surface area contributed by atoms with Crippen molar-refractivity contribution in [1.82, 2.24) is 4.90 Å². The lowest BCUT2D eigenvalue weighted by Crippen LogP contribution is -2.31. The molecule has 5 nitrogen and oxygen atoms in total. The van der Waals surface area contributed by atoms with Gasteiger partial charge in [0.15, 0.2) is 0 Å². The molecule has 0 aromatic heterocycles. The summed E-state index contributed by atoms with van der Waals surface area (Å²) in [5.74, 6) is 0.544. The molecule has 132 valence electrons. The van der Waals surface area contributed by atoms with Crippen molar-refractivity contribution in [3.63, 3.8) is 0 Å². The van der Waals surface area contributed by atoms with Crippen LogP contribution in [0.3, 0.4) is 0 Å². The number of nitrogens with zero attached hydrogens (tertiary/aromatic N) is 1. The Kier molecular flexibility index (Phi) is 6.57. The highest BCUT2D eigenvalue weighted by atomic mass is 16.5. The Morgan fingerprint density at radius 3 is 2.40 bits per heavy atom. The van der Waals surface area contributed by atoms with E-state index in [1.54, 1.807) is 12.0 Å². The summed E-state index contributed by atoms with van der Waals surface area (Å²) in [6.45, 7) is 4.27. The standard InChI is InChI=1S/C20H24N2O3/c1-15-8-10-18(11-9-15)21-20(24)12-13-22(16(2)23)14-17-6-4-5-7-19(17)25-3/h4-11H,12-14H2,1-3H3,(H,21,24). The molecule has 0 spiro atoms. The first-order chi connectivity index (χ1) is 12.0. The van der Waals surface area contributed by atoms with Crippen molar-refractivity contribution in [3.05, 3.63) is 59.7 Å². The Morgan fingerprint density at radius 1 is 1.08 bits per heavy atom. The molecule has 2 rings (SSSR count). The van der Waals surface area contributed by atoms with E-state index in [1.165, 1.54) is 6.92 Å². The highest BCUT2D eigenvalue weighted by molar-refractivity contribution is 5.91. The topological polar surface area (TPSA) is 58.6 Å². The van der Waals surface area contributed by atoms with Crippen molar-refractivity contribution in [1.29, 1.82) is 0 Å². The van der Waals surface area contributed by atoms with Crippen LogP contribution in [0, 0.1) is 6.92 Å². The predicted octanol–water partition coefficient (Wildman–Crippen LogP) is 3.38. The van der Waals surface area contributed by atoms with Crippen molar-refractivity contribution in [2.24, 2.45) is 0 Å². The van der Waals surface area contributed by atoms with E-state index in [1.807, 2.05) is 55.5 Å². The fourth-order valence-electron chi connectivity index (χ4n) is 2.48. The van der Waals surface area contributed by atoms with Crippen LogP contribution in [0.15, 0.2) is 48.5 Å². The number of benzene rings is 2. The number of hydrogen-bond donors (Lipinski definition) is 1. The lowest BCUT2D eigenvalue weighted by atomic mass is 10.2. The SMILES string of the molecule is COc1ccccc1CN(CCC(=O)Nc1ccc(C)cc1)C(C)=O. The molecule has 0 unspecified atom stereocenters. The molecular weight excluding hydrogens is 316 g/mol. The molecule has 0 atom stereocenters. The molecule has 25 heavy (non-hydrogen) atoms. The zero-order valence-corrected chi connectivity index (χ0v) is 14.9. The number of carbonyl (C=O) groups is 2. The minimum absolute atomic E-state index is 0.0750. The largest absolute Gasteiger partial charge is 0.496 e. The number of para-hydroxylation sites is 1. The van der Waals surface area contributed by atoms with E-state index in [0.717, 1.165) is 22.6 Å². The van der Waals surface area contributed by atoms with Gasteiger partial charge in [-0.15, -0.1) is 0 Å². The van der Waals surface area contributed by atoms with Gasteiger partial charge in [0.05, 0.1) is 7.11 Å². The van der Waals surface area contributed by atoms with Crippen LogP contribution in [0.25, 0.3) is 0 Å². The minimum Gasteiger partial charge on any atom is -0.496 e. The summed E-state index contributed by atoms with van der Waals surface area (Å²) in [5, 5.41) is 2.85. The van der Waals surface area contributed by atoms with Crippen LogP contribution in [0.4, 0.5) is 5.69 Å². The summed E-state index contributed by atoms with van der Waals surface area (Å²) in [6, 6.07) is 15.2. The third-order valence-corrected chi connectivity index (χ3v) is 3.94. The van der Waals surface area contributed by atoms with E-state index in [9.17, 15) is 9.59 Å². The zero-order chi connectivity index (χ0) is 18.2. The number of ether oxygens (including phenoxy) is 1. The molecule has 0 aliphatic carbocycles. The third kappa shape index (κ3) is 5.64. The number of carbonyl (C=O) groups excluding carboxylic acids is 2. The van der Waals surface area contributed by atoms with Crippen LogP contribution in [0.1, 0.15) is 24.5 Å². The summed E-state index contributed by atoms with van der Waals surface area (Å²) >= 11 is 0. The van der Waals surface area contributed by atoms with Gasteiger partial charge in [0.1, 0.15) is 5.75 Å².